The van der Waals surface area contributed by atoms with Crippen molar-refractivity contribution in [3.05, 3.63) is 11.1 Å². The number of allylic oxidation sites excluding steroid dienone is 1. The van der Waals surface area contributed by atoms with Crippen molar-refractivity contribution >= 4 is 16.2 Å². The lowest BCUT2D eigenvalue weighted by molar-refractivity contribution is -0.0431. The molecule has 0 aromatic heterocycles. The highest BCUT2D eigenvalue weighted by Crippen LogP contribution is 2.10. The number of primary sulfonamides is 1. The fourth-order valence-corrected chi connectivity index (χ4v) is 1.08. The number of sulfonamides is 1. The summed E-state index contributed by atoms with van der Waals surface area (Å²) in [5.74, 6) is 0. The molecule has 1 aliphatic rings. The average Bonchev–Trinajstić information content (AvgIpc) is 1.98. The Balaban J connectivity index is 2.37. The van der Waals surface area contributed by atoms with Crippen molar-refractivity contribution in [1.29, 1.82) is 0 Å². The molecule has 0 aliphatic carbocycles. The van der Waals surface area contributed by atoms with Crippen molar-refractivity contribution in [1.82, 2.24) is 0 Å². The standard InChI is InChI=1S/C7H13N3O3S/c8-7(14(9,11)12)1-3-10-5-6-2-4-13-6/h1,3,6H,2,4-5,8H2,(H2,9,11,12)/b7-1+,10-3?/t6-/m0/s1. The monoisotopic (exact) mass is 219 g/mol. The molecule has 0 saturated carbocycles. The van der Waals surface area contributed by atoms with Crippen LogP contribution in [0.25, 0.3) is 0 Å². The van der Waals surface area contributed by atoms with E-state index in [0.717, 1.165) is 19.1 Å². The van der Waals surface area contributed by atoms with E-state index in [1.54, 1.807) is 0 Å². The summed E-state index contributed by atoms with van der Waals surface area (Å²) in [5.41, 5.74) is 5.14. The number of nitrogens with zero attached hydrogens (tertiary/aromatic N) is 1. The lowest BCUT2D eigenvalue weighted by Crippen LogP contribution is -2.29. The summed E-state index contributed by atoms with van der Waals surface area (Å²) < 4.78 is 26.3. The van der Waals surface area contributed by atoms with Crippen LogP contribution in [0.15, 0.2) is 16.1 Å². The zero-order valence-electron chi connectivity index (χ0n) is 7.59. The molecule has 0 aromatic carbocycles. The average molecular weight is 219 g/mol. The normalized spacial score (nSPS) is 23.8. The first-order chi connectivity index (χ1) is 6.50. The minimum Gasteiger partial charge on any atom is -0.388 e. The largest absolute Gasteiger partial charge is 0.388 e. The van der Waals surface area contributed by atoms with Gasteiger partial charge in [0.15, 0.2) is 0 Å². The van der Waals surface area contributed by atoms with Gasteiger partial charge in [-0.15, -0.1) is 0 Å². The van der Waals surface area contributed by atoms with Crippen molar-refractivity contribution in [3.8, 4) is 0 Å². The van der Waals surface area contributed by atoms with Gasteiger partial charge in [0.05, 0.1) is 12.6 Å². The van der Waals surface area contributed by atoms with E-state index in [1.165, 1.54) is 6.21 Å². The number of rotatable bonds is 4. The summed E-state index contributed by atoms with van der Waals surface area (Å²) in [5, 5.41) is 4.36. The van der Waals surface area contributed by atoms with Gasteiger partial charge in [-0.2, -0.15) is 0 Å². The van der Waals surface area contributed by atoms with Gasteiger partial charge in [0.25, 0.3) is 10.0 Å². The molecule has 1 rings (SSSR count). The molecule has 4 N–H and O–H groups in total. The first-order valence-corrected chi connectivity index (χ1v) is 5.65. The quantitative estimate of drug-likeness (QED) is 0.587. The lowest BCUT2D eigenvalue weighted by Gasteiger charge is -2.24. The maximum atomic E-state index is 10.6. The Kier molecular flexibility index (Phi) is 3.62. The summed E-state index contributed by atoms with van der Waals surface area (Å²) >= 11 is 0. The number of aliphatic imine (C=N–C) groups is 1. The van der Waals surface area contributed by atoms with Crippen LogP contribution in [0.3, 0.4) is 0 Å². The number of ether oxygens (including phenoxy) is 1. The van der Waals surface area contributed by atoms with Gasteiger partial charge in [-0.05, 0) is 12.5 Å². The van der Waals surface area contributed by atoms with E-state index in [0.29, 0.717) is 6.54 Å². The molecule has 1 fully saturated rings. The highest BCUT2D eigenvalue weighted by molar-refractivity contribution is 7.93. The predicted molar refractivity (Wildman–Crippen MR) is 53.1 cm³/mol. The second-order valence-electron chi connectivity index (χ2n) is 2.91. The van der Waals surface area contributed by atoms with Crippen LogP contribution in [0, 0.1) is 0 Å². The van der Waals surface area contributed by atoms with Crippen LogP contribution in [0.2, 0.25) is 0 Å². The zero-order chi connectivity index (χ0) is 10.6. The zero-order valence-corrected chi connectivity index (χ0v) is 8.40. The molecule has 1 aliphatic heterocycles. The van der Waals surface area contributed by atoms with Crippen molar-refractivity contribution < 1.29 is 13.2 Å². The minimum absolute atomic E-state index is 0.162. The molecule has 7 heteroatoms. The predicted octanol–water partition coefficient (Wildman–Crippen LogP) is -1.07. The molecule has 1 saturated heterocycles. The Morgan fingerprint density at radius 3 is 2.71 bits per heavy atom. The van der Waals surface area contributed by atoms with Crippen LogP contribution in [-0.2, 0) is 14.8 Å². The Morgan fingerprint density at radius 2 is 2.29 bits per heavy atom. The number of nitrogens with two attached hydrogens (primary N) is 2. The van der Waals surface area contributed by atoms with Crippen LogP contribution in [0.4, 0.5) is 0 Å². The molecule has 0 unspecified atom stereocenters. The smallest absolute Gasteiger partial charge is 0.252 e. The van der Waals surface area contributed by atoms with Gasteiger partial charge in [-0.1, -0.05) is 0 Å². The maximum Gasteiger partial charge on any atom is 0.252 e. The maximum absolute atomic E-state index is 10.6. The van der Waals surface area contributed by atoms with E-state index in [-0.39, 0.29) is 6.10 Å². The fourth-order valence-electron chi connectivity index (χ4n) is 0.828. The van der Waals surface area contributed by atoms with Crippen molar-refractivity contribution in [2.24, 2.45) is 15.9 Å². The summed E-state index contributed by atoms with van der Waals surface area (Å²) in [6, 6.07) is 0. The van der Waals surface area contributed by atoms with Crippen LogP contribution >= 0.6 is 0 Å². The molecule has 0 spiro atoms. The summed E-state index contributed by atoms with van der Waals surface area (Å²) in [4.78, 5) is 3.92. The molecular formula is C7H13N3O3S. The van der Waals surface area contributed by atoms with E-state index in [4.69, 9.17) is 15.6 Å². The highest BCUT2D eigenvalue weighted by Gasteiger charge is 2.16. The molecule has 6 nitrogen and oxygen atoms in total. The Labute approximate surface area is 82.7 Å². The molecule has 1 heterocycles. The van der Waals surface area contributed by atoms with Crippen LogP contribution in [0.1, 0.15) is 6.42 Å². The third kappa shape index (κ3) is 3.44. The SMILES string of the molecule is N/C(=C\C=NC[C@@H]1CCO1)S(N)(=O)=O. The Bertz CT molecular complexity index is 343. The summed E-state index contributed by atoms with van der Waals surface area (Å²) in [6.07, 6.45) is 3.64. The van der Waals surface area contributed by atoms with E-state index < -0.39 is 15.1 Å². The van der Waals surface area contributed by atoms with E-state index >= 15 is 0 Å². The molecule has 1 atom stereocenters. The molecule has 0 radical (unpaired) electrons. The van der Waals surface area contributed by atoms with Gasteiger partial charge in [0.1, 0.15) is 5.03 Å². The van der Waals surface area contributed by atoms with Crippen molar-refractivity contribution in [3.63, 3.8) is 0 Å². The van der Waals surface area contributed by atoms with Crippen LogP contribution < -0.4 is 10.9 Å². The Morgan fingerprint density at radius 1 is 1.64 bits per heavy atom. The lowest BCUT2D eigenvalue weighted by atomic mass is 10.2. The van der Waals surface area contributed by atoms with Gasteiger partial charge in [0.2, 0.25) is 0 Å². The van der Waals surface area contributed by atoms with Crippen molar-refractivity contribution in [2.75, 3.05) is 13.2 Å². The molecule has 0 bridgehead atoms. The van der Waals surface area contributed by atoms with Gasteiger partial charge in [0, 0.05) is 12.8 Å². The van der Waals surface area contributed by atoms with E-state index in [9.17, 15) is 8.42 Å². The van der Waals surface area contributed by atoms with Gasteiger partial charge in [-0.3, -0.25) is 4.99 Å². The summed E-state index contributed by atoms with van der Waals surface area (Å²) in [6.45, 7) is 1.30. The minimum atomic E-state index is -3.78. The Hall–Kier alpha value is -0.920. The highest BCUT2D eigenvalue weighted by atomic mass is 32.2. The van der Waals surface area contributed by atoms with Gasteiger partial charge in [-0.25, -0.2) is 13.6 Å². The molecule has 14 heavy (non-hydrogen) atoms. The molecule has 80 valence electrons. The first kappa shape index (κ1) is 11.2. The molecular weight excluding hydrogens is 206 g/mol. The van der Waals surface area contributed by atoms with E-state index in [2.05, 4.69) is 4.99 Å². The van der Waals surface area contributed by atoms with Crippen LogP contribution in [-0.4, -0.2) is 33.9 Å². The van der Waals surface area contributed by atoms with Gasteiger partial charge >= 0.3 is 0 Å². The molecule has 0 aromatic rings. The second kappa shape index (κ2) is 4.54. The fraction of sp³-hybridized carbons (Fsp3) is 0.571. The van der Waals surface area contributed by atoms with Crippen LogP contribution in [0.5, 0.6) is 0 Å². The number of hydrogen-bond donors (Lipinski definition) is 2. The molecule has 0 amide bonds. The van der Waals surface area contributed by atoms with Gasteiger partial charge < -0.3 is 10.5 Å². The van der Waals surface area contributed by atoms with E-state index in [1.807, 2.05) is 0 Å². The third-order valence-electron chi connectivity index (χ3n) is 1.78. The summed E-state index contributed by atoms with van der Waals surface area (Å²) in [7, 11) is -3.78. The number of hydrogen-bond acceptors (Lipinski definition) is 5. The van der Waals surface area contributed by atoms with Crippen molar-refractivity contribution in [2.45, 2.75) is 12.5 Å². The second-order valence-corrected chi connectivity index (χ2v) is 4.47. The topological polar surface area (TPSA) is 108 Å². The first-order valence-electron chi connectivity index (χ1n) is 4.10. The third-order valence-corrected chi connectivity index (χ3v) is 2.57.